The van der Waals surface area contributed by atoms with Gasteiger partial charge in [-0.1, -0.05) is 0 Å². The molecule has 0 aliphatic carbocycles. The van der Waals surface area contributed by atoms with Gasteiger partial charge in [0.05, 0.1) is 74.3 Å². The number of amides is 2. The molecular formula is C39H47N3O14S2+2. The number of fused-ring (bicyclic) bond motifs is 2. The van der Waals surface area contributed by atoms with Gasteiger partial charge >= 0.3 is 11.9 Å². The van der Waals surface area contributed by atoms with Gasteiger partial charge in [-0.25, -0.2) is 9.59 Å². The molecule has 0 unspecified atom stereocenters. The van der Waals surface area contributed by atoms with E-state index < -0.39 is 49.7 Å². The van der Waals surface area contributed by atoms with Crippen LogP contribution in [-0.4, -0.2) is 112 Å². The molecule has 1 fully saturated rings. The highest BCUT2D eigenvalue weighted by atomic mass is 32.2. The van der Waals surface area contributed by atoms with E-state index in [0.29, 0.717) is 73.5 Å². The standard InChI is InChI=1S/C39H45N3O14S2/c1-25-21-27(38(45)56-41-34(43)13-14-35(41)44)22-26(2)37(25)55-39(46)36-30-23-28(53-5)9-11-32(30)40(15-6-19-57(47,48)49)33-12-10-29(24-31(33)36)54-18-7-16-42(3,4)17-8-20-58(50,51)52/h9-12,21-24H,6-8,13-20H2,1-5H3/p+2. The minimum absolute atomic E-state index is 0.0238. The van der Waals surface area contributed by atoms with Crippen LogP contribution in [0.4, 0.5) is 0 Å². The lowest BCUT2D eigenvalue weighted by atomic mass is 10.0. The summed E-state index contributed by atoms with van der Waals surface area (Å²) in [6.45, 7) is 4.80. The summed E-state index contributed by atoms with van der Waals surface area (Å²) in [6, 6.07) is 13.0. The Kier molecular flexibility index (Phi) is 13.4. The summed E-state index contributed by atoms with van der Waals surface area (Å²) in [7, 11) is -2.96. The number of pyridine rings is 1. The molecule has 19 heteroatoms. The summed E-state index contributed by atoms with van der Waals surface area (Å²) >= 11 is 0. The van der Waals surface area contributed by atoms with E-state index in [4.69, 9.17) is 23.6 Å². The first-order valence-corrected chi connectivity index (χ1v) is 21.6. The molecule has 58 heavy (non-hydrogen) atoms. The number of nitrogens with zero attached hydrogens (tertiary/aromatic N) is 3. The van der Waals surface area contributed by atoms with E-state index in [9.17, 15) is 40.6 Å². The van der Waals surface area contributed by atoms with Crippen LogP contribution >= 0.6 is 0 Å². The van der Waals surface area contributed by atoms with Gasteiger partial charge in [-0.2, -0.15) is 21.4 Å². The molecule has 17 nitrogen and oxygen atoms in total. The van der Waals surface area contributed by atoms with Gasteiger partial charge in [0.25, 0.3) is 32.1 Å². The average Bonchev–Trinajstić information content (AvgIpc) is 3.45. The molecule has 2 heterocycles. The highest BCUT2D eigenvalue weighted by Crippen LogP contribution is 2.33. The second kappa shape index (κ2) is 17.7. The predicted octanol–water partition coefficient (Wildman–Crippen LogP) is 3.75. The minimum atomic E-state index is -4.27. The number of carbonyl (C=O) groups is 4. The SMILES string of the molecule is COc1ccc2c(c1)c(C(=O)Oc1c(C)cc(C(=O)ON3C(=O)CCC3=O)cc1C)c1cc(OCCC[N+](C)(C)CCCS(=O)(=O)O)ccc1[n+]2CCCS(=O)(=O)O. The lowest BCUT2D eigenvalue weighted by Crippen LogP contribution is -2.42. The molecule has 0 radical (unpaired) electrons. The van der Waals surface area contributed by atoms with Gasteiger partial charge in [0, 0.05) is 44.2 Å². The van der Waals surface area contributed by atoms with E-state index in [-0.39, 0.29) is 61.5 Å². The molecule has 312 valence electrons. The van der Waals surface area contributed by atoms with Crippen molar-refractivity contribution in [1.82, 2.24) is 5.06 Å². The number of benzene rings is 3. The Morgan fingerprint density at radius 3 is 1.88 bits per heavy atom. The number of rotatable bonds is 18. The van der Waals surface area contributed by atoms with E-state index >= 15 is 0 Å². The smallest absolute Gasteiger partial charge is 0.363 e. The van der Waals surface area contributed by atoms with Crippen molar-refractivity contribution in [1.29, 1.82) is 0 Å². The van der Waals surface area contributed by atoms with Crippen LogP contribution < -0.4 is 18.8 Å². The Hall–Kier alpha value is -5.21. The molecule has 0 atom stereocenters. The number of imide groups is 1. The van der Waals surface area contributed by atoms with Gasteiger partial charge in [-0.05, 0) is 61.4 Å². The number of esters is 1. The lowest BCUT2D eigenvalue weighted by Gasteiger charge is -2.29. The quantitative estimate of drug-likeness (QED) is 0.0213. The number of methoxy groups -OCH3 is 1. The first-order valence-electron chi connectivity index (χ1n) is 18.4. The number of hydrogen-bond donors (Lipinski definition) is 2. The van der Waals surface area contributed by atoms with E-state index in [1.165, 1.54) is 19.2 Å². The molecule has 0 saturated carbocycles. The van der Waals surface area contributed by atoms with E-state index in [1.54, 1.807) is 50.2 Å². The summed E-state index contributed by atoms with van der Waals surface area (Å²) < 4.78 is 84.2. The second-order valence-electron chi connectivity index (χ2n) is 14.7. The van der Waals surface area contributed by atoms with Crippen LogP contribution in [0.5, 0.6) is 17.2 Å². The third kappa shape index (κ3) is 11.0. The number of hydroxylamine groups is 2. The van der Waals surface area contributed by atoms with Crippen LogP contribution in [0, 0.1) is 13.8 Å². The normalized spacial score (nSPS) is 13.7. The summed E-state index contributed by atoms with van der Waals surface area (Å²) in [5.41, 5.74) is 1.98. The fraction of sp³-hybridized carbons (Fsp3) is 0.410. The van der Waals surface area contributed by atoms with Crippen molar-refractivity contribution in [2.45, 2.75) is 52.5 Å². The maximum absolute atomic E-state index is 14.5. The van der Waals surface area contributed by atoms with E-state index in [1.807, 2.05) is 18.7 Å². The van der Waals surface area contributed by atoms with E-state index in [0.717, 1.165) is 0 Å². The molecule has 3 aromatic carbocycles. The zero-order chi connectivity index (χ0) is 42.6. The van der Waals surface area contributed by atoms with Crippen molar-refractivity contribution >= 4 is 65.8 Å². The molecule has 5 rings (SSSR count). The van der Waals surface area contributed by atoms with Gasteiger partial charge in [0.2, 0.25) is 11.0 Å². The van der Waals surface area contributed by atoms with Crippen molar-refractivity contribution in [2.75, 3.05) is 52.4 Å². The topological polar surface area (TPSA) is 221 Å². The van der Waals surface area contributed by atoms with Gasteiger partial charge in [0.1, 0.15) is 17.2 Å². The van der Waals surface area contributed by atoms with Crippen LogP contribution in [0.25, 0.3) is 21.8 Å². The van der Waals surface area contributed by atoms with Gasteiger partial charge in [-0.15, -0.1) is 5.06 Å². The maximum Gasteiger partial charge on any atom is 0.363 e. The molecule has 1 aliphatic rings. The molecule has 1 aromatic heterocycles. The summed E-state index contributed by atoms with van der Waals surface area (Å²) in [5, 5.41) is 1.25. The molecular weight excluding hydrogens is 799 g/mol. The van der Waals surface area contributed by atoms with Crippen molar-refractivity contribution < 1.29 is 73.2 Å². The largest absolute Gasteiger partial charge is 0.497 e. The Morgan fingerprint density at radius 1 is 0.776 bits per heavy atom. The number of quaternary nitrogens is 1. The zero-order valence-electron chi connectivity index (χ0n) is 32.8. The Morgan fingerprint density at radius 2 is 1.31 bits per heavy atom. The van der Waals surface area contributed by atoms with Gasteiger partial charge in [0.15, 0.2) is 6.54 Å². The lowest BCUT2D eigenvalue weighted by molar-refractivity contribution is -0.890. The van der Waals surface area contributed by atoms with Crippen molar-refractivity contribution in [3.05, 3.63) is 70.8 Å². The van der Waals surface area contributed by atoms with Crippen LogP contribution in [-0.2, 0) is 41.2 Å². The number of carbonyl (C=O) groups excluding carboxylic acids is 4. The van der Waals surface area contributed by atoms with Crippen LogP contribution in [0.1, 0.15) is 63.9 Å². The second-order valence-corrected chi connectivity index (χ2v) is 17.9. The molecule has 1 saturated heterocycles. The monoisotopic (exact) mass is 845 g/mol. The molecule has 0 bridgehead atoms. The van der Waals surface area contributed by atoms with Crippen LogP contribution in [0.2, 0.25) is 0 Å². The Bertz CT molecular complexity index is 2460. The van der Waals surface area contributed by atoms with Crippen LogP contribution in [0.3, 0.4) is 0 Å². The Balaban J connectivity index is 1.51. The molecule has 0 spiro atoms. The van der Waals surface area contributed by atoms with Gasteiger partial charge in [-0.3, -0.25) is 18.7 Å². The summed E-state index contributed by atoms with van der Waals surface area (Å²) in [4.78, 5) is 56.5. The molecule has 2 N–H and O–H groups in total. The van der Waals surface area contributed by atoms with E-state index in [2.05, 4.69) is 0 Å². The highest BCUT2D eigenvalue weighted by molar-refractivity contribution is 7.86. The van der Waals surface area contributed by atoms with Crippen molar-refractivity contribution in [3.8, 4) is 17.2 Å². The van der Waals surface area contributed by atoms with Crippen molar-refractivity contribution in [2.24, 2.45) is 0 Å². The van der Waals surface area contributed by atoms with Gasteiger partial charge < -0.3 is 23.5 Å². The van der Waals surface area contributed by atoms with Crippen molar-refractivity contribution in [3.63, 3.8) is 0 Å². The number of aromatic nitrogens is 1. The molecule has 2 amide bonds. The van der Waals surface area contributed by atoms with Crippen LogP contribution in [0.15, 0.2) is 48.5 Å². The number of aryl methyl sites for hydroxylation is 3. The fourth-order valence-electron chi connectivity index (χ4n) is 6.89. The fourth-order valence-corrected chi connectivity index (χ4v) is 7.88. The Labute approximate surface area is 336 Å². The number of ether oxygens (including phenoxy) is 3. The minimum Gasteiger partial charge on any atom is -0.497 e. The first kappa shape index (κ1) is 43.9. The summed E-state index contributed by atoms with van der Waals surface area (Å²) in [6.07, 6.45) is 0.801. The third-order valence-electron chi connectivity index (χ3n) is 9.69. The first-order chi connectivity index (χ1) is 27.2. The molecule has 1 aliphatic heterocycles. The zero-order valence-corrected chi connectivity index (χ0v) is 34.5. The highest BCUT2D eigenvalue weighted by Gasteiger charge is 2.34. The average molecular weight is 846 g/mol. The number of hydrogen-bond acceptors (Lipinski definition) is 12. The molecule has 4 aromatic rings. The predicted molar refractivity (Wildman–Crippen MR) is 210 cm³/mol. The third-order valence-corrected chi connectivity index (χ3v) is 11.3. The summed E-state index contributed by atoms with van der Waals surface area (Å²) in [5.74, 6) is -2.81. The maximum atomic E-state index is 14.5.